The largest absolute Gasteiger partial charge is 0.360 e. The number of nitrogens with one attached hydrogen (secondary N) is 1. The topological polar surface area (TPSA) is 50.9 Å². The number of halogens is 2. The Morgan fingerprint density at radius 3 is 2.85 bits per heavy atom. The van der Waals surface area contributed by atoms with Crippen LogP contribution in [0.4, 0.5) is 4.39 Å². The molecule has 1 aliphatic rings. The first-order chi connectivity index (χ1) is 9.63. The molecule has 1 aliphatic heterocycles. The first kappa shape index (κ1) is 13.4. The van der Waals surface area contributed by atoms with Gasteiger partial charge >= 0.3 is 0 Å². The third-order valence-corrected chi connectivity index (χ3v) is 4.14. The molecule has 0 radical (unpaired) electrons. The fourth-order valence-corrected chi connectivity index (χ4v) is 3.22. The SMILES string of the molecule is NC1NC(c2cccc(Cl)c2)=C(c2ccnc(F)c2)S1. The Balaban J connectivity index is 2.11. The van der Waals surface area contributed by atoms with Gasteiger partial charge in [0.1, 0.15) is 5.50 Å². The lowest BCUT2D eigenvalue weighted by molar-refractivity contribution is 0.583. The summed E-state index contributed by atoms with van der Waals surface area (Å²) in [5.41, 5.74) is 8.19. The van der Waals surface area contributed by atoms with Crippen molar-refractivity contribution in [3.05, 3.63) is 64.7 Å². The quantitative estimate of drug-likeness (QED) is 0.836. The standard InChI is InChI=1S/C14H11ClFN3S/c15-10-3-1-2-8(6-10)12-13(20-14(17)19-12)9-4-5-18-11(16)7-9/h1-7,14,19H,17H2. The van der Waals surface area contributed by atoms with E-state index in [1.165, 1.54) is 24.0 Å². The minimum atomic E-state index is -0.512. The van der Waals surface area contributed by atoms with Gasteiger partial charge in [0.2, 0.25) is 5.95 Å². The fourth-order valence-electron chi connectivity index (χ4n) is 2.04. The van der Waals surface area contributed by atoms with Crippen molar-refractivity contribution in [1.82, 2.24) is 10.3 Å². The molecule has 0 saturated heterocycles. The lowest BCUT2D eigenvalue weighted by Gasteiger charge is -2.08. The third kappa shape index (κ3) is 2.65. The molecule has 1 aromatic carbocycles. The summed E-state index contributed by atoms with van der Waals surface area (Å²) in [4.78, 5) is 4.46. The van der Waals surface area contributed by atoms with Crippen LogP contribution in [0.3, 0.4) is 0 Å². The highest BCUT2D eigenvalue weighted by Crippen LogP contribution is 2.40. The van der Waals surface area contributed by atoms with Crippen LogP contribution in [0.15, 0.2) is 42.6 Å². The van der Waals surface area contributed by atoms with Crippen LogP contribution >= 0.6 is 23.4 Å². The predicted octanol–water partition coefficient (Wildman–Crippen LogP) is 3.28. The van der Waals surface area contributed by atoms with Crippen molar-refractivity contribution < 1.29 is 4.39 Å². The van der Waals surface area contributed by atoms with Crippen LogP contribution in [0.25, 0.3) is 10.6 Å². The number of rotatable bonds is 2. The highest BCUT2D eigenvalue weighted by Gasteiger charge is 2.24. The second kappa shape index (κ2) is 5.44. The number of hydrogen-bond donors (Lipinski definition) is 2. The zero-order valence-electron chi connectivity index (χ0n) is 10.3. The van der Waals surface area contributed by atoms with Crippen LogP contribution in [-0.2, 0) is 0 Å². The molecule has 3 nitrogen and oxygen atoms in total. The van der Waals surface area contributed by atoms with Gasteiger partial charge in [-0.1, -0.05) is 35.5 Å². The molecule has 0 fully saturated rings. The average molecular weight is 308 g/mol. The molecule has 6 heteroatoms. The average Bonchev–Trinajstić information content (AvgIpc) is 2.81. The van der Waals surface area contributed by atoms with Gasteiger partial charge in [-0.15, -0.1) is 0 Å². The number of nitrogens with two attached hydrogens (primary N) is 1. The molecule has 0 amide bonds. The molecule has 1 atom stereocenters. The molecule has 102 valence electrons. The third-order valence-electron chi connectivity index (χ3n) is 2.86. The van der Waals surface area contributed by atoms with E-state index in [1.54, 1.807) is 12.1 Å². The van der Waals surface area contributed by atoms with Crippen molar-refractivity contribution in [2.45, 2.75) is 5.50 Å². The summed E-state index contributed by atoms with van der Waals surface area (Å²) < 4.78 is 13.3. The van der Waals surface area contributed by atoms with Crippen molar-refractivity contribution in [1.29, 1.82) is 0 Å². The van der Waals surface area contributed by atoms with Crippen LogP contribution in [0.1, 0.15) is 11.1 Å². The molecule has 1 unspecified atom stereocenters. The number of benzene rings is 1. The summed E-state index contributed by atoms with van der Waals surface area (Å²) in [5, 5.41) is 3.83. The number of thioether (sulfide) groups is 1. The molecule has 2 heterocycles. The summed E-state index contributed by atoms with van der Waals surface area (Å²) in [5.74, 6) is -0.512. The van der Waals surface area contributed by atoms with Gasteiger partial charge in [0.15, 0.2) is 0 Å². The Hall–Kier alpha value is -1.56. The highest BCUT2D eigenvalue weighted by atomic mass is 35.5. The Kier molecular flexibility index (Phi) is 3.65. The van der Waals surface area contributed by atoms with Gasteiger partial charge in [-0.25, -0.2) is 4.98 Å². The minimum Gasteiger partial charge on any atom is -0.360 e. The van der Waals surface area contributed by atoms with Crippen molar-refractivity contribution in [3.8, 4) is 0 Å². The Bertz CT molecular complexity index is 632. The molecule has 0 aliphatic carbocycles. The van der Waals surface area contributed by atoms with E-state index in [9.17, 15) is 4.39 Å². The summed E-state index contributed by atoms with van der Waals surface area (Å²) in [7, 11) is 0. The van der Waals surface area contributed by atoms with E-state index in [4.69, 9.17) is 17.3 Å². The number of hydrogen-bond acceptors (Lipinski definition) is 4. The highest BCUT2D eigenvalue weighted by molar-refractivity contribution is 8.09. The molecular weight excluding hydrogens is 297 g/mol. The fraction of sp³-hybridized carbons (Fsp3) is 0.0714. The Labute approximate surface area is 125 Å². The first-order valence-electron chi connectivity index (χ1n) is 5.94. The van der Waals surface area contributed by atoms with E-state index < -0.39 is 5.95 Å². The molecule has 0 spiro atoms. The zero-order chi connectivity index (χ0) is 14.1. The van der Waals surface area contributed by atoms with Gasteiger partial charge in [0.25, 0.3) is 0 Å². The minimum absolute atomic E-state index is 0.268. The van der Waals surface area contributed by atoms with Crippen molar-refractivity contribution in [2.24, 2.45) is 5.73 Å². The van der Waals surface area contributed by atoms with E-state index in [-0.39, 0.29) is 5.50 Å². The van der Waals surface area contributed by atoms with Crippen LogP contribution in [0.5, 0.6) is 0 Å². The lowest BCUT2D eigenvalue weighted by atomic mass is 10.1. The van der Waals surface area contributed by atoms with Gasteiger partial charge in [0, 0.05) is 27.8 Å². The Morgan fingerprint density at radius 1 is 1.25 bits per heavy atom. The molecule has 0 bridgehead atoms. The van der Waals surface area contributed by atoms with Gasteiger partial charge in [-0.05, 0) is 23.8 Å². The maximum absolute atomic E-state index is 13.3. The maximum atomic E-state index is 13.3. The molecule has 0 saturated carbocycles. The van der Waals surface area contributed by atoms with Crippen molar-refractivity contribution in [2.75, 3.05) is 0 Å². The van der Waals surface area contributed by atoms with Gasteiger partial charge < -0.3 is 11.1 Å². The summed E-state index contributed by atoms with van der Waals surface area (Å²) >= 11 is 7.47. The monoisotopic (exact) mass is 307 g/mol. The number of pyridine rings is 1. The van der Waals surface area contributed by atoms with Crippen LogP contribution in [-0.4, -0.2) is 10.5 Å². The molecule has 20 heavy (non-hydrogen) atoms. The van der Waals surface area contributed by atoms with E-state index in [2.05, 4.69) is 10.3 Å². The molecule has 3 N–H and O–H groups in total. The lowest BCUT2D eigenvalue weighted by Crippen LogP contribution is -2.28. The van der Waals surface area contributed by atoms with E-state index in [0.717, 1.165) is 21.7 Å². The second-order valence-electron chi connectivity index (χ2n) is 4.26. The van der Waals surface area contributed by atoms with Gasteiger partial charge in [-0.2, -0.15) is 4.39 Å². The summed E-state index contributed by atoms with van der Waals surface area (Å²) in [6.45, 7) is 0. The summed E-state index contributed by atoms with van der Waals surface area (Å²) in [6, 6.07) is 10.6. The van der Waals surface area contributed by atoms with Gasteiger partial charge in [-0.3, -0.25) is 0 Å². The second-order valence-corrected chi connectivity index (χ2v) is 5.85. The smallest absolute Gasteiger partial charge is 0.213 e. The summed E-state index contributed by atoms with van der Waals surface area (Å²) in [6.07, 6.45) is 1.44. The zero-order valence-corrected chi connectivity index (χ0v) is 11.9. The van der Waals surface area contributed by atoms with Gasteiger partial charge in [0.05, 0.1) is 5.70 Å². The van der Waals surface area contributed by atoms with Crippen LogP contribution < -0.4 is 11.1 Å². The Morgan fingerprint density at radius 2 is 2.10 bits per heavy atom. The van der Waals surface area contributed by atoms with E-state index in [1.807, 2.05) is 18.2 Å². The molecule has 3 rings (SSSR count). The molecule has 1 aromatic heterocycles. The first-order valence-corrected chi connectivity index (χ1v) is 7.20. The van der Waals surface area contributed by atoms with E-state index in [0.29, 0.717) is 5.02 Å². The number of aromatic nitrogens is 1. The maximum Gasteiger partial charge on any atom is 0.213 e. The number of nitrogens with zero attached hydrogens (tertiary/aromatic N) is 1. The van der Waals surface area contributed by atoms with Crippen molar-refractivity contribution >= 4 is 34.0 Å². The predicted molar refractivity (Wildman–Crippen MR) is 81.2 cm³/mol. The normalized spacial score (nSPS) is 18.2. The molecular formula is C14H11ClFN3S. The van der Waals surface area contributed by atoms with E-state index >= 15 is 0 Å². The van der Waals surface area contributed by atoms with Crippen LogP contribution in [0.2, 0.25) is 5.02 Å². The van der Waals surface area contributed by atoms with Crippen molar-refractivity contribution in [3.63, 3.8) is 0 Å². The molecule has 2 aromatic rings. The van der Waals surface area contributed by atoms with Crippen LogP contribution in [0, 0.1) is 5.95 Å².